The van der Waals surface area contributed by atoms with Gasteiger partial charge in [-0.2, -0.15) is 0 Å². The summed E-state index contributed by atoms with van der Waals surface area (Å²) < 4.78 is 1.78. The molecule has 4 nitrogen and oxygen atoms in total. The van der Waals surface area contributed by atoms with Gasteiger partial charge in [0.05, 0.1) is 16.9 Å². The SMILES string of the molecule is CCCn1c(C(C)NC)nc2ccccc2c1=O. The van der Waals surface area contributed by atoms with Gasteiger partial charge in [0.2, 0.25) is 0 Å². The molecule has 1 aromatic heterocycles. The Morgan fingerprint density at radius 1 is 1.39 bits per heavy atom. The lowest BCUT2D eigenvalue weighted by Crippen LogP contribution is -2.29. The highest BCUT2D eigenvalue weighted by Crippen LogP contribution is 2.13. The first-order valence-corrected chi connectivity index (χ1v) is 6.35. The van der Waals surface area contributed by atoms with E-state index in [1.54, 1.807) is 4.57 Å². The molecule has 0 fully saturated rings. The first-order valence-electron chi connectivity index (χ1n) is 6.35. The first-order chi connectivity index (χ1) is 8.69. The number of nitrogens with zero attached hydrogens (tertiary/aromatic N) is 2. The van der Waals surface area contributed by atoms with Gasteiger partial charge >= 0.3 is 0 Å². The molecule has 1 atom stereocenters. The number of rotatable bonds is 4. The first kappa shape index (κ1) is 12.8. The molecule has 1 aromatic carbocycles. The van der Waals surface area contributed by atoms with Crippen molar-refractivity contribution in [3.8, 4) is 0 Å². The summed E-state index contributed by atoms with van der Waals surface area (Å²) in [7, 11) is 1.88. The molecule has 2 rings (SSSR count). The minimum absolute atomic E-state index is 0.0551. The van der Waals surface area contributed by atoms with Crippen LogP contribution in [0.2, 0.25) is 0 Å². The van der Waals surface area contributed by atoms with E-state index in [2.05, 4.69) is 17.2 Å². The number of para-hydroxylation sites is 1. The fourth-order valence-corrected chi connectivity index (χ4v) is 2.08. The second-order valence-electron chi connectivity index (χ2n) is 4.45. The van der Waals surface area contributed by atoms with Crippen molar-refractivity contribution in [3.63, 3.8) is 0 Å². The van der Waals surface area contributed by atoms with E-state index in [0.717, 1.165) is 17.8 Å². The zero-order valence-corrected chi connectivity index (χ0v) is 11.1. The van der Waals surface area contributed by atoms with Gasteiger partial charge in [-0.05, 0) is 32.5 Å². The molecule has 1 N–H and O–H groups in total. The van der Waals surface area contributed by atoms with Crippen LogP contribution in [0.15, 0.2) is 29.1 Å². The highest BCUT2D eigenvalue weighted by Gasteiger charge is 2.14. The Labute approximate surface area is 107 Å². The number of nitrogens with one attached hydrogen (secondary N) is 1. The van der Waals surface area contributed by atoms with Gasteiger partial charge in [0.1, 0.15) is 5.82 Å². The monoisotopic (exact) mass is 245 g/mol. The van der Waals surface area contributed by atoms with Crippen molar-refractivity contribution in [2.75, 3.05) is 7.05 Å². The Bertz CT molecular complexity index is 604. The van der Waals surface area contributed by atoms with Crippen molar-refractivity contribution in [3.05, 3.63) is 40.4 Å². The largest absolute Gasteiger partial charge is 0.311 e. The molecule has 0 bridgehead atoms. The Morgan fingerprint density at radius 2 is 2.11 bits per heavy atom. The van der Waals surface area contributed by atoms with Gasteiger partial charge in [-0.1, -0.05) is 19.1 Å². The Morgan fingerprint density at radius 3 is 2.78 bits per heavy atom. The van der Waals surface area contributed by atoms with Gasteiger partial charge in [-0.25, -0.2) is 4.98 Å². The summed E-state index contributed by atoms with van der Waals surface area (Å²) in [5.74, 6) is 0.808. The Balaban J connectivity index is 2.74. The third kappa shape index (κ3) is 2.16. The summed E-state index contributed by atoms with van der Waals surface area (Å²) in [6.07, 6.45) is 0.920. The van der Waals surface area contributed by atoms with Gasteiger partial charge in [0, 0.05) is 6.54 Å². The molecule has 1 unspecified atom stereocenters. The lowest BCUT2D eigenvalue weighted by molar-refractivity contribution is 0.526. The lowest BCUT2D eigenvalue weighted by atomic mass is 10.2. The summed E-state index contributed by atoms with van der Waals surface area (Å²) in [5.41, 5.74) is 0.825. The fraction of sp³-hybridized carbons (Fsp3) is 0.429. The smallest absolute Gasteiger partial charge is 0.261 e. The molecular formula is C14H19N3O. The van der Waals surface area contributed by atoms with Crippen LogP contribution in [0.3, 0.4) is 0 Å². The van der Waals surface area contributed by atoms with Crippen LogP contribution >= 0.6 is 0 Å². The van der Waals surface area contributed by atoms with Crippen LogP contribution in [0.5, 0.6) is 0 Å². The van der Waals surface area contributed by atoms with Crippen LogP contribution in [-0.4, -0.2) is 16.6 Å². The quantitative estimate of drug-likeness (QED) is 0.897. The van der Waals surface area contributed by atoms with Crippen molar-refractivity contribution >= 4 is 10.9 Å². The van der Waals surface area contributed by atoms with Crippen molar-refractivity contribution in [1.29, 1.82) is 0 Å². The van der Waals surface area contributed by atoms with Crippen molar-refractivity contribution < 1.29 is 0 Å². The Kier molecular flexibility index (Phi) is 3.77. The van der Waals surface area contributed by atoms with E-state index >= 15 is 0 Å². The average molecular weight is 245 g/mol. The van der Waals surface area contributed by atoms with E-state index in [1.165, 1.54) is 0 Å². The fourth-order valence-electron chi connectivity index (χ4n) is 2.08. The van der Waals surface area contributed by atoms with Crippen molar-refractivity contribution in [2.24, 2.45) is 0 Å². The highest BCUT2D eigenvalue weighted by molar-refractivity contribution is 5.77. The predicted molar refractivity (Wildman–Crippen MR) is 73.8 cm³/mol. The standard InChI is InChI=1S/C14H19N3O/c1-4-9-17-13(10(2)15-3)16-12-8-6-5-7-11(12)14(17)18/h5-8,10,15H,4,9H2,1-3H3. The van der Waals surface area contributed by atoms with Gasteiger partial charge in [-0.3, -0.25) is 9.36 Å². The number of aromatic nitrogens is 2. The average Bonchev–Trinajstić information content (AvgIpc) is 2.41. The normalized spacial score (nSPS) is 12.8. The van der Waals surface area contributed by atoms with Gasteiger partial charge < -0.3 is 5.32 Å². The van der Waals surface area contributed by atoms with Crippen LogP contribution in [0.4, 0.5) is 0 Å². The van der Waals surface area contributed by atoms with Crippen molar-refractivity contribution in [2.45, 2.75) is 32.9 Å². The molecule has 1 heterocycles. The van der Waals surface area contributed by atoms with Crippen LogP contribution in [-0.2, 0) is 6.54 Å². The summed E-state index contributed by atoms with van der Waals surface area (Å²) >= 11 is 0. The van der Waals surface area contributed by atoms with E-state index in [1.807, 2.05) is 38.2 Å². The lowest BCUT2D eigenvalue weighted by Gasteiger charge is -2.17. The molecule has 0 aliphatic rings. The van der Waals surface area contributed by atoms with Gasteiger partial charge in [0.25, 0.3) is 5.56 Å². The van der Waals surface area contributed by atoms with E-state index in [-0.39, 0.29) is 11.6 Å². The van der Waals surface area contributed by atoms with Crippen LogP contribution in [0.1, 0.15) is 32.1 Å². The maximum atomic E-state index is 12.5. The molecule has 4 heteroatoms. The number of fused-ring (bicyclic) bond motifs is 1. The van der Waals surface area contributed by atoms with E-state index < -0.39 is 0 Å². The van der Waals surface area contributed by atoms with E-state index in [9.17, 15) is 4.79 Å². The van der Waals surface area contributed by atoms with Crippen LogP contribution < -0.4 is 10.9 Å². The van der Waals surface area contributed by atoms with E-state index in [0.29, 0.717) is 11.9 Å². The summed E-state index contributed by atoms with van der Waals surface area (Å²) in [6, 6.07) is 7.58. The summed E-state index contributed by atoms with van der Waals surface area (Å²) in [5, 5.41) is 3.84. The van der Waals surface area contributed by atoms with E-state index in [4.69, 9.17) is 0 Å². The molecule has 0 spiro atoms. The molecular weight excluding hydrogens is 226 g/mol. The molecule has 2 aromatic rings. The minimum atomic E-state index is 0.0551. The van der Waals surface area contributed by atoms with Crippen molar-refractivity contribution in [1.82, 2.24) is 14.9 Å². The third-order valence-corrected chi connectivity index (χ3v) is 3.16. The summed E-state index contributed by atoms with van der Waals surface area (Å²) in [4.78, 5) is 17.1. The molecule has 96 valence electrons. The molecule has 0 amide bonds. The minimum Gasteiger partial charge on any atom is -0.311 e. The second-order valence-corrected chi connectivity index (χ2v) is 4.45. The second kappa shape index (κ2) is 5.31. The zero-order chi connectivity index (χ0) is 13.1. The summed E-state index contributed by atoms with van der Waals surface area (Å²) in [6.45, 7) is 4.79. The van der Waals surface area contributed by atoms with Crippen LogP contribution in [0, 0.1) is 0 Å². The van der Waals surface area contributed by atoms with Gasteiger partial charge in [-0.15, -0.1) is 0 Å². The third-order valence-electron chi connectivity index (χ3n) is 3.16. The number of hydrogen-bond donors (Lipinski definition) is 1. The van der Waals surface area contributed by atoms with Crippen LogP contribution in [0.25, 0.3) is 10.9 Å². The maximum absolute atomic E-state index is 12.5. The topological polar surface area (TPSA) is 46.9 Å². The Hall–Kier alpha value is -1.68. The molecule has 0 saturated heterocycles. The molecule has 0 saturated carbocycles. The zero-order valence-electron chi connectivity index (χ0n) is 11.1. The molecule has 0 radical (unpaired) electrons. The number of benzene rings is 1. The molecule has 0 aliphatic carbocycles. The highest BCUT2D eigenvalue weighted by atomic mass is 16.1. The maximum Gasteiger partial charge on any atom is 0.261 e. The molecule has 0 aliphatic heterocycles. The molecule has 18 heavy (non-hydrogen) atoms. The predicted octanol–water partition coefficient (Wildman–Crippen LogP) is 2.09. The van der Waals surface area contributed by atoms with Gasteiger partial charge in [0.15, 0.2) is 0 Å². The number of hydrogen-bond acceptors (Lipinski definition) is 3.